The van der Waals surface area contributed by atoms with E-state index in [9.17, 15) is 0 Å². The van der Waals surface area contributed by atoms with E-state index in [0.29, 0.717) is 13.0 Å². The smallest absolute Gasteiger partial charge is 0.155 e. The molecule has 24 heavy (non-hydrogen) atoms. The van der Waals surface area contributed by atoms with Crippen LogP contribution in [0.5, 0.6) is 5.75 Å². The second-order valence-corrected chi connectivity index (χ2v) is 5.48. The zero-order valence-electron chi connectivity index (χ0n) is 14.0. The number of hydrogen-bond acceptors (Lipinski definition) is 6. The molecule has 2 heterocycles. The molecule has 0 spiro atoms. The van der Waals surface area contributed by atoms with Crippen molar-refractivity contribution in [1.82, 2.24) is 35.0 Å². The van der Waals surface area contributed by atoms with Crippen molar-refractivity contribution in [3.63, 3.8) is 0 Å². The zero-order chi connectivity index (χ0) is 16.8. The molecular weight excluding hydrogens is 306 g/mol. The molecule has 0 saturated heterocycles. The number of methoxy groups -OCH3 is 1. The van der Waals surface area contributed by atoms with Crippen LogP contribution in [0.3, 0.4) is 0 Å². The van der Waals surface area contributed by atoms with Gasteiger partial charge in [-0.2, -0.15) is 5.10 Å². The second kappa shape index (κ2) is 7.67. The minimum Gasteiger partial charge on any atom is -0.496 e. The van der Waals surface area contributed by atoms with Crippen LogP contribution in [-0.4, -0.2) is 42.1 Å². The van der Waals surface area contributed by atoms with Gasteiger partial charge in [-0.3, -0.25) is 0 Å². The number of benzene rings is 1. The Morgan fingerprint density at radius 2 is 2.04 bits per heavy atom. The quantitative estimate of drug-likeness (QED) is 0.624. The number of rotatable bonds is 8. The Balaban J connectivity index is 1.77. The van der Waals surface area contributed by atoms with E-state index in [1.165, 1.54) is 0 Å². The minimum atomic E-state index is 0.651. The highest BCUT2D eigenvalue weighted by Gasteiger charge is 2.12. The first-order valence-electron chi connectivity index (χ1n) is 8.05. The van der Waals surface area contributed by atoms with Gasteiger partial charge in [-0.1, -0.05) is 25.1 Å². The lowest BCUT2D eigenvalue weighted by atomic mass is 10.1. The highest BCUT2D eigenvalue weighted by molar-refractivity contribution is 5.35. The molecular formula is C16H21N7O. The Kier molecular flexibility index (Phi) is 5.15. The van der Waals surface area contributed by atoms with Crippen LogP contribution in [0.4, 0.5) is 0 Å². The number of nitrogens with zero attached hydrogens (tertiary/aromatic N) is 7. The normalized spacial score (nSPS) is 10.9. The maximum atomic E-state index is 5.41. The van der Waals surface area contributed by atoms with E-state index in [2.05, 4.69) is 27.5 Å². The topological polar surface area (TPSA) is 83.5 Å². The molecule has 0 bridgehead atoms. The minimum absolute atomic E-state index is 0.651. The van der Waals surface area contributed by atoms with E-state index in [0.717, 1.165) is 42.3 Å². The molecule has 2 aromatic heterocycles. The van der Waals surface area contributed by atoms with E-state index in [1.54, 1.807) is 18.1 Å². The van der Waals surface area contributed by atoms with E-state index >= 15 is 0 Å². The van der Waals surface area contributed by atoms with Crippen molar-refractivity contribution in [2.45, 2.75) is 39.3 Å². The molecule has 126 valence electrons. The maximum Gasteiger partial charge on any atom is 0.155 e. The Bertz CT molecular complexity index is 767. The van der Waals surface area contributed by atoms with Gasteiger partial charge in [0, 0.05) is 24.9 Å². The van der Waals surface area contributed by atoms with Gasteiger partial charge < -0.3 is 4.74 Å². The van der Waals surface area contributed by atoms with Crippen LogP contribution in [0.2, 0.25) is 0 Å². The van der Waals surface area contributed by atoms with Crippen LogP contribution < -0.4 is 4.74 Å². The van der Waals surface area contributed by atoms with Crippen LogP contribution in [0.15, 0.2) is 30.6 Å². The molecule has 8 nitrogen and oxygen atoms in total. The largest absolute Gasteiger partial charge is 0.496 e. The third kappa shape index (κ3) is 3.76. The van der Waals surface area contributed by atoms with E-state index in [4.69, 9.17) is 9.72 Å². The molecule has 8 heteroatoms. The number of ether oxygens (including phenoxy) is 1. The molecule has 3 rings (SSSR count). The summed E-state index contributed by atoms with van der Waals surface area (Å²) >= 11 is 0. The second-order valence-electron chi connectivity index (χ2n) is 5.48. The summed E-state index contributed by atoms with van der Waals surface area (Å²) in [7, 11) is 1.68. The monoisotopic (exact) mass is 327 g/mol. The van der Waals surface area contributed by atoms with Crippen molar-refractivity contribution in [3.8, 4) is 5.75 Å². The number of aryl methyl sites for hydroxylation is 3. The standard InChI is InChI=1S/C16H21N7O/c1-3-9-23-16(8-10-22-12-17-20-21-22)18-15(19-23)11-13-6-4-5-7-14(13)24-2/h4-7,12H,3,8-11H2,1-2H3. The van der Waals surface area contributed by atoms with Crippen LogP contribution >= 0.6 is 0 Å². The molecule has 0 amide bonds. The third-order valence-electron chi connectivity index (χ3n) is 3.72. The van der Waals surface area contributed by atoms with Gasteiger partial charge in [-0.05, 0) is 22.9 Å². The maximum absolute atomic E-state index is 5.41. The van der Waals surface area contributed by atoms with Crippen molar-refractivity contribution in [3.05, 3.63) is 47.8 Å². The Hall–Kier alpha value is -2.77. The summed E-state index contributed by atoms with van der Waals surface area (Å²) in [5, 5.41) is 15.8. The molecule has 0 N–H and O–H groups in total. The van der Waals surface area contributed by atoms with Gasteiger partial charge in [0.1, 0.15) is 17.9 Å². The van der Waals surface area contributed by atoms with Crippen molar-refractivity contribution >= 4 is 0 Å². The predicted molar refractivity (Wildman–Crippen MR) is 87.6 cm³/mol. The fraction of sp³-hybridized carbons (Fsp3) is 0.438. The summed E-state index contributed by atoms with van der Waals surface area (Å²) in [5.74, 6) is 2.62. The summed E-state index contributed by atoms with van der Waals surface area (Å²) in [4.78, 5) is 4.71. The van der Waals surface area contributed by atoms with Gasteiger partial charge in [-0.15, -0.1) is 5.10 Å². The Morgan fingerprint density at radius 1 is 1.17 bits per heavy atom. The molecule has 0 unspecified atom stereocenters. The average molecular weight is 327 g/mol. The molecule has 0 saturated carbocycles. The predicted octanol–water partition coefficient (Wildman–Crippen LogP) is 1.52. The van der Waals surface area contributed by atoms with Crippen LogP contribution in [0.25, 0.3) is 0 Å². The molecule has 0 atom stereocenters. The molecule has 1 aromatic carbocycles. The molecule has 0 aliphatic heterocycles. The molecule has 0 aliphatic carbocycles. The Labute approximate surface area is 140 Å². The van der Waals surface area contributed by atoms with Crippen LogP contribution in [0, 0.1) is 0 Å². The average Bonchev–Trinajstić information content (AvgIpc) is 3.24. The lowest BCUT2D eigenvalue weighted by Gasteiger charge is -2.05. The Morgan fingerprint density at radius 3 is 2.79 bits per heavy atom. The zero-order valence-corrected chi connectivity index (χ0v) is 14.0. The molecule has 0 aliphatic rings. The molecule has 0 radical (unpaired) electrons. The third-order valence-corrected chi connectivity index (χ3v) is 3.72. The van der Waals surface area contributed by atoms with Crippen LogP contribution in [0.1, 0.15) is 30.6 Å². The number of para-hydroxylation sites is 1. The van der Waals surface area contributed by atoms with Crippen molar-refractivity contribution in [2.24, 2.45) is 0 Å². The summed E-state index contributed by atoms with van der Waals surface area (Å²) in [6, 6.07) is 7.96. The first-order chi connectivity index (χ1) is 11.8. The molecule has 3 aromatic rings. The van der Waals surface area contributed by atoms with E-state index in [-0.39, 0.29) is 0 Å². The lowest BCUT2D eigenvalue weighted by molar-refractivity contribution is 0.410. The fourth-order valence-corrected chi connectivity index (χ4v) is 2.59. The highest BCUT2D eigenvalue weighted by Crippen LogP contribution is 2.20. The first-order valence-corrected chi connectivity index (χ1v) is 8.05. The van der Waals surface area contributed by atoms with Gasteiger partial charge >= 0.3 is 0 Å². The van der Waals surface area contributed by atoms with Gasteiger partial charge in [0.15, 0.2) is 5.82 Å². The summed E-state index contributed by atoms with van der Waals surface area (Å²) in [5.41, 5.74) is 1.08. The van der Waals surface area contributed by atoms with Crippen molar-refractivity contribution in [2.75, 3.05) is 7.11 Å². The van der Waals surface area contributed by atoms with Gasteiger partial charge in [0.2, 0.25) is 0 Å². The van der Waals surface area contributed by atoms with Gasteiger partial charge in [-0.25, -0.2) is 14.3 Å². The lowest BCUT2D eigenvalue weighted by Crippen LogP contribution is -2.09. The van der Waals surface area contributed by atoms with Crippen molar-refractivity contribution in [1.29, 1.82) is 0 Å². The first kappa shape index (κ1) is 16.1. The van der Waals surface area contributed by atoms with Crippen LogP contribution in [-0.2, 0) is 25.9 Å². The number of hydrogen-bond donors (Lipinski definition) is 0. The van der Waals surface area contributed by atoms with E-state index < -0.39 is 0 Å². The molecule has 0 fully saturated rings. The highest BCUT2D eigenvalue weighted by atomic mass is 16.5. The van der Waals surface area contributed by atoms with Gasteiger partial charge in [0.05, 0.1) is 13.7 Å². The summed E-state index contributed by atoms with van der Waals surface area (Å²) in [6.07, 6.45) is 4.01. The SMILES string of the molecule is CCCn1nc(Cc2ccccc2OC)nc1CCn1cnnn1. The van der Waals surface area contributed by atoms with Gasteiger partial charge in [0.25, 0.3) is 0 Å². The summed E-state index contributed by atoms with van der Waals surface area (Å²) < 4.78 is 9.09. The fourth-order valence-electron chi connectivity index (χ4n) is 2.59. The number of tetrazole rings is 1. The van der Waals surface area contributed by atoms with Crippen molar-refractivity contribution < 1.29 is 4.74 Å². The number of aromatic nitrogens is 7. The summed E-state index contributed by atoms with van der Waals surface area (Å²) in [6.45, 7) is 3.67. The van der Waals surface area contributed by atoms with E-state index in [1.807, 2.05) is 28.9 Å².